The number of anilines is 1. The fraction of sp³-hybridized carbons (Fsp3) is 0.235. The zero-order valence-electron chi connectivity index (χ0n) is 13.5. The van der Waals surface area contributed by atoms with Crippen LogP contribution in [0.25, 0.3) is 0 Å². The number of hydrogen-bond acceptors (Lipinski definition) is 5. The van der Waals surface area contributed by atoms with Crippen molar-refractivity contribution in [3.8, 4) is 5.75 Å². The molecule has 0 saturated carbocycles. The van der Waals surface area contributed by atoms with E-state index >= 15 is 0 Å². The largest absolute Gasteiger partial charge is 0.479 e. The van der Waals surface area contributed by atoms with E-state index in [9.17, 15) is 9.59 Å². The van der Waals surface area contributed by atoms with Gasteiger partial charge in [-0.15, -0.1) is 0 Å². The Morgan fingerprint density at radius 2 is 1.80 bits per heavy atom. The Labute approximate surface area is 155 Å². The van der Waals surface area contributed by atoms with Crippen molar-refractivity contribution in [3.63, 3.8) is 0 Å². The van der Waals surface area contributed by atoms with Crippen LogP contribution in [0.15, 0.2) is 42.6 Å². The Balaban J connectivity index is 1.90. The summed E-state index contributed by atoms with van der Waals surface area (Å²) in [5.74, 6) is -0.576. The van der Waals surface area contributed by atoms with Crippen LogP contribution in [-0.2, 0) is 14.3 Å². The molecule has 0 unspecified atom stereocenters. The van der Waals surface area contributed by atoms with Gasteiger partial charge in [0.1, 0.15) is 5.75 Å². The second-order valence-electron chi connectivity index (χ2n) is 5.13. The first-order chi connectivity index (χ1) is 11.9. The highest BCUT2D eigenvalue weighted by atomic mass is 35.5. The number of nitrogens with one attached hydrogen (secondary N) is 1. The third-order valence-corrected chi connectivity index (χ3v) is 3.59. The standard InChI is InChI=1S/C17H16Cl2N2O4/c1-10(16(22)21-15-14(19)8-12(18)9-20-15)25-17(23)11(2)24-13-6-4-3-5-7-13/h3-11H,1-2H3,(H,20,21,22)/t10-,11+/m1/s1. The molecule has 0 radical (unpaired) electrons. The monoisotopic (exact) mass is 382 g/mol. The van der Waals surface area contributed by atoms with Gasteiger partial charge >= 0.3 is 5.97 Å². The summed E-state index contributed by atoms with van der Waals surface area (Å²) < 4.78 is 10.6. The van der Waals surface area contributed by atoms with E-state index in [1.54, 1.807) is 24.3 Å². The number of nitrogens with zero attached hydrogens (tertiary/aromatic N) is 1. The molecule has 132 valence electrons. The fourth-order valence-corrected chi connectivity index (χ4v) is 2.23. The highest BCUT2D eigenvalue weighted by Crippen LogP contribution is 2.22. The summed E-state index contributed by atoms with van der Waals surface area (Å²) in [7, 11) is 0. The number of ether oxygens (including phenoxy) is 2. The summed E-state index contributed by atoms with van der Waals surface area (Å²) in [5.41, 5.74) is 0. The van der Waals surface area contributed by atoms with Crippen LogP contribution < -0.4 is 10.1 Å². The Morgan fingerprint density at radius 3 is 2.44 bits per heavy atom. The molecule has 1 amide bonds. The zero-order chi connectivity index (χ0) is 18.4. The molecule has 0 fully saturated rings. The van der Waals surface area contributed by atoms with Gasteiger partial charge in [0.2, 0.25) is 0 Å². The maximum Gasteiger partial charge on any atom is 0.347 e. The molecule has 0 bridgehead atoms. The number of benzene rings is 1. The van der Waals surface area contributed by atoms with Crippen LogP contribution in [-0.4, -0.2) is 29.1 Å². The van der Waals surface area contributed by atoms with Crippen LogP contribution in [0.2, 0.25) is 10.0 Å². The Morgan fingerprint density at radius 1 is 1.12 bits per heavy atom. The molecule has 8 heteroatoms. The van der Waals surface area contributed by atoms with Crippen LogP contribution in [0, 0.1) is 0 Å². The number of rotatable bonds is 6. The molecule has 2 aromatic rings. The van der Waals surface area contributed by atoms with Gasteiger partial charge in [-0.2, -0.15) is 0 Å². The minimum atomic E-state index is -1.05. The lowest BCUT2D eigenvalue weighted by molar-refractivity contribution is -0.159. The average molecular weight is 383 g/mol. The number of halogens is 2. The summed E-state index contributed by atoms with van der Waals surface area (Å²) in [6, 6.07) is 10.3. The van der Waals surface area contributed by atoms with Gasteiger partial charge in [0.05, 0.1) is 10.0 Å². The number of hydrogen-bond donors (Lipinski definition) is 1. The second kappa shape index (κ2) is 8.69. The average Bonchev–Trinajstić information content (AvgIpc) is 2.58. The molecule has 2 atom stereocenters. The molecule has 1 aromatic carbocycles. The van der Waals surface area contributed by atoms with Gasteiger partial charge in [-0.25, -0.2) is 9.78 Å². The first-order valence-corrected chi connectivity index (χ1v) is 8.16. The van der Waals surface area contributed by atoms with Crippen LogP contribution >= 0.6 is 23.2 Å². The van der Waals surface area contributed by atoms with Gasteiger partial charge in [-0.3, -0.25) is 4.79 Å². The summed E-state index contributed by atoms with van der Waals surface area (Å²) in [6.45, 7) is 2.98. The van der Waals surface area contributed by atoms with Crippen molar-refractivity contribution >= 4 is 40.9 Å². The lowest BCUT2D eigenvalue weighted by atomic mass is 10.3. The Kier molecular flexibility index (Phi) is 6.61. The number of amides is 1. The lowest BCUT2D eigenvalue weighted by Crippen LogP contribution is -2.35. The fourth-order valence-electron chi connectivity index (χ4n) is 1.80. The van der Waals surface area contributed by atoms with Gasteiger partial charge in [0, 0.05) is 6.20 Å². The third kappa shape index (κ3) is 5.62. The number of pyridine rings is 1. The van der Waals surface area contributed by atoms with E-state index in [0.29, 0.717) is 10.8 Å². The summed E-state index contributed by atoms with van der Waals surface area (Å²) in [6.07, 6.45) is -0.576. The topological polar surface area (TPSA) is 77.5 Å². The molecule has 2 rings (SSSR count). The highest BCUT2D eigenvalue weighted by Gasteiger charge is 2.24. The maximum atomic E-state index is 12.1. The molecule has 0 spiro atoms. The molecule has 25 heavy (non-hydrogen) atoms. The predicted molar refractivity (Wildman–Crippen MR) is 95.0 cm³/mol. The molecule has 0 aliphatic rings. The third-order valence-electron chi connectivity index (χ3n) is 3.10. The molecule has 6 nitrogen and oxygen atoms in total. The van der Waals surface area contributed by atoms with Gasteiger partial charge in [-0.05, 0) is 32.0 Å². The van der Waals surface area contributed by atoms with Gasteiger partial charge in [0.25, 0.3) is 5.91 Å². The molecular weight excluding hydrogens is 367 g/mol. The van der Waals surface area contributed by atoms with Crippen LogP contribution in [0.4, 0.5) is 5.82 Å². The lowest BCUT2D eigenvalue weighted by Gasteiger charge is -2.17. The maximum absolute atomic E-state index is 12.1. The van der Waals surface area contributed by atoms with Crippen molar-refractivity contribution in [1.82, 2.24) is 4.98 Å². The summed E-state index contributed by atoms with van der Waals surface area (Å²) in [4.78, 5) is 28.1. The van der Waals surface area contributed by atoms with E-state index in [-0.39, 0.29) is 10.8 Å². The molecular formula is C17H16Cl2N2O4. The SMILES string of the molecule is C[C@H](Oc1ccccc1)C(=O)O[C@H](C)C(=O)Nc1ncc(Cl)cc1Cl. The zero-order valence-corrected chi connectivity index (χ0v) is 15.0. The van der Waals surface area contributed by atoms with Crippen molar-refractivity contribution in [3.05, 3.63) is 52.6 Å². The molecule has 1 heterocycles. The van der Waals surface area contributed by atoms with Crippen molar-refractivity contribution in [2.75, 3.05) is 5.32 Å². The van der Waals surface area contributed by atoms with Crippen LogP contribution in [0.1, 0.15) is 13.8 Å². The molecule has 0 aliphatic heterocycles. The van der Waals surface area contributed by atoms with Gasteiger partial charge in [-0.1, -0.05) is 41.4 Å². The number of esters is 1. The number of carbonyl (C=O) groups is 2. The molecule has 1 N–H and O–H groups in total. The van der Waals surface area contributed by atoms with Crippen molar-refractivity contribution in [1.29, 1.82) is 0 Å². The normalized spacial score (nSPS) is 12.8. The molecule has 0 aliphatic carbocycles. The van der Waals surface area contributed by atoms with E-state index < -0.39 is 24.1 Å². The van der Waals surface area contributed by atoms with E-state index in [4.69, 9.17) is 32.7 Å². The van der Waals surface area contributed by atoms with Gasteiger partial charge < -0.3 is 14.8 Å². The van der Waals surface area contributed by atoms with Crippen molar-refractivity contribution in [2.45, 2.75) is 26.1 Å². The van der Waals surface area contributed by atoms with E-state index in [2.05, 4.69) is 10.3 Å². The highest BCUT2D eigenvalue weighted by molar-refractivity contribution is 6.36. The second-order valence-corrected chi connectivity index (χ2v) is 5.97. The smallest absolute Gasteiger partial charge is 0.347 e. The van der Waals surface area contributed by atoms with Gasteiger partial charge in [0.15, 0.2) is 18.0 Å². The van der Waals surface area contributed by atoms with Crippen molar-refractivity contribution < 1.29 is 19.1 Å². The van der Waals surface area contributed by atoms with E-state index in [1.807, 2.05) is 6.07 Å². The molecule has 0 saturated heterocycles. The summed E-state index contributed by atoms with van der Waals surface area (Å²) in [5, 5.41) is 3.00. The predicted octanol–water partition coefficient (Wildman–Crippen LogP) is 3.73. The van der Waals surface area contributed by atoms with Crippen LogP contribution in [0.5, 0.6) is 5.75 Å². The van der Waals surface area contributed by atoms with E-state index in [0.717, 1.165) is 0 Å². The minimum absolute atomic E-state index is 0.132. The summed E-state index contributed by atoms with van der Waals surface area (Å²) >= 11 is 11.7. The first kappa shape index (κ1) is 19.0. The first-order valence-electron chi connectivity index (χ1n) is 7.41. The Hall–Kier alpha value is -2.31. The Bertz CT molecular complexity index is 756. The van der Waals surface area contributed by atoms with E-state index in [1.165, 1.54) is 26.1 Å². The quantitative estimate of drug-likeness (QED) is 0.770. The number of carbonyl (C=O) groups excluding carboxylic acids is 2. The minimum Gasteiger partial charge on any atom is -0.479 e. The van der Waals surface area contributed by atoms with Crippen LogP contribution in [0.3, 0.4) is 0 Å². The number of aromatic nitrogens is 1. The number of para-hydroxylation sites is 1. The van der Waals surface area contributed by atoms with Crippen molar-refractivity contribution in [2.24, 2.45) is 0 Å². The molecule has 1 aromatic heterocycles.